The highest BCUT2D eigenvalue weighted by Gasteiger charge is 2.16. The first-order valence-electron chi connectivity index (χ1n) is 10.7. The minimum atomic E-state index is -0.307. The molecule has 3 amide bonds. The molecule has 0 aliphatic heterocycles. The molecule has 2 aromatic heterocycles. The molecule has 0 spiro atoms. The van der Waals surface area contributed by atoms with E-state index in [-0.39, 0.29) is 28.8 Å². The molecular weight excluding hydrogens is 458 g/mol. The quantitative estimate of drug-likeness (QED) is 0.382. The lowest BCUT2D eigenvalue weighted by molar-refractivity contribution is -0.120. The predicted molar refractivity (Wildman–Crippen MR) is 136 cm³/mol. The number of thiophene rings is 1. The van der Waals surface area contributed by atoms with Crippen LogP contribution >= 0.6 is 23.1 Å². The number of benzene rings is 1. The Morgan fingerprint density at radius 2 is 1.85 bits per heavy atom. The number of rotatable bonds is 8. The third-order valence-electron chi connectivity index (χ3n) is 5.03. The third-order valence-corrected chi connectivity index (χ3v) is 7.28. The lowest BCUT2D eigenvalue weighted by Gasteiger charge is -2.13. The molecule has 0 fully saturated rings. The van der Waals surface area contributed by atoms with Gasteiger partial charge in [0.15, 0.2) is 0 Å². The van der Waals surface area contributed by atoms with Crippen LogP contribution in [0.3, 0.4) is 0 Å². The van der Waals surface area contributed by atoms with Gasteiger partial charge in [-0.1, -0.05) is 12.1 Å². The van der Waals surface area contributed by atoms with Crippen molar-refractivity contribution in [1.29, 1.82) is 0 Å². The van der Waals surface area contributed by atoms with Crippen molar-refractivity contribution in [2.45, 2.75) is 58.2 Å². The number of aromatic amines is 1. The molecule has 3 aromatic rings. The second-order valence-electron chi connectivity index (χ2n) is 8.10. The molecule has 1 atom stereocenters. The van der Waals surface area contributed by atoms with E-state index in [9.17, 15) is 14.4 Å². The molecular formula is C23H29N5O3S2. The summed E-state index contributed by atoms with van der Waals surface area (Å²) in [5, 5.41) is 8.80. The molecule has 3 rings (SSSR count). The molecule has 4 N–H and O–H groups in total. The zero-order valence-corrected chi connectivity index (χ0v) is 21.0. The summed E-state index contributed by atoms with van der Waals surface area (Å²) in [6.07, 6.45) is 0. The number of carbonyl (C=O) groups is 2. The fourth-order valence-corrected chi connectivity index (χ4v) is 4.94. The fraction of sp³-hybridized carbons (Fsp3) is 0.391. The van der Waals surface area contributed by atoms with Crippen LogP contribution in [-0.2, 0) is 17.1 Å². The lowest BCUT2D eigenvalue weighted by Crippen LogP contribution is -2.34. The number of nitrogens with zero attached hydrogens (tertiary/aromatic N) is 1. The fourth-order valence-electron chi connectivity index (χ4n) is 3.12. The Balaban J connectivity index is 1.49. The van der Waals surface area contributed by atoms with E-state index in [4.69, 9.17) is 0 Å². The number of anilines is 1. The number of thioether (sulfide) groups is 1. The first-order chi connectivity index (χ1) is 15.6. The van der Waals surface area contributed by atoms with Crippen molar-refractivity contribution < 1.29 is 9.59 Å². The van der Waals surface area contributed by atoms with E-state index in [0.29, 0.717) is 29.2 Å². The number of aryl methyl sites for hydroxylation is 2. The van der Waals surface area contributed by atoms with Crippen LogP contribution in [0.15, 0.2) is 29.1 Å². The summed E-state index contributed by atoms with van der Waals surface area (Å²) in [7, 11) is 0. The smallest absolute Gasteiger partial charge is 0.319 e. The molecule has 0 radical (unpaired) electrons. The maximum atomic E-state index is 12.5. The number of carbonyl (C=O) groups excluding carboxylic acids is 2. The third kappa shape index (κ3) is 6.58. The molecule has 0 saturated heterocycles. The Labute approximate surface area is 201 Å². The van der Waals surface area contributed by atoms with Crippen LogP contribution in [0.4, 0.5) is 10.5 Å². The zero-order valence-electron chi connectivity index (χ0n) is 19.4. The average Bonchev–Trinajstić information content (AvgIpc) is 3.04. The monoisotopic (exact) mass is 487 g/mol. The lowest BCUT2D eigenvalue weighted by atomic mass is 10.2. The van der Waals surface area contributed by atoms with Gasteiger partial charge in [0.2, 0.25) is 5.91 Å². The molecule has 1 aromatic carbocycles. The molecule has 1 unspecified atom stereocenters. The summed E-state index contributed by atoms with van der Waals surface area (Å²) in [5.74, 6) is 0.918. The van der Waals surface area contributed by atoms with Crippen LogP contribution in [0.2, 0.25) is 0 Å². The second-order valence-corrected chi connectivity index (χ2v) is 10.6. The Bertz CT molecular complexity index is 1200. The zero-order chi connectivity index (χ0) is 24.1. The first kappa shape index (κ1) is 24.8. The molecule has 176 valence electrons. The minimum absolute atomic E-state index is 0.0577. The number of aromatic nitrogens is 2. The van der Waals surface area contributed by atoms with Crippen molar-refractivity contribution in [1.82, 2.24) is 20.6 Å². The minimum Gasteiger partial charge on any atom is -0.351 e. The topological polar surface area (TPSA) is 116 Å². The van der Waals surface area contributed by atoms with Crippen molar-refractivity contribution >= 4 is 50.9 Å². The number of nitrogens with one attached hydrogen (secondary N) is 4. The van der Waals surface area contributed by atoms with Crippen LogP contribution in [0.1, 0.15) is 42.6 Å². The summed E-state index contributed by atoms with van der Waals surface area (Å²) >= 11 is 2.93. The van der Waals surface area contributed by atoms with Gasteiger partial charge in [-0.3, -0.25) is 9.59 Å². The van der Waals surface area contributed by atoms with Crippen LogP contribution in [0, 0.1) is 13.8 Å². The molecule has 10 heteroatoms. The SMILES string of the molecule is Cc1sc2nc(CSC(C)C(=O)NCc3ccc(NC(=O)NC(C)C)cc3)[nH]c(=O)c2c1C. The number of hydrogen-bond donors (Lipinski definition) is 4. The van der Waals surface area contributed by atoms with Crippen molar-refractivity contribution in [2.24, 2.45) is 0 Å². The normalized spacial score (nSPS) is 12.1. The number of fused-ring (bicyclic) bond motifs is 1. The van der Waals surface area contributed by atoms with Gasteiger partial charge in [0, 0.05) is 23.2 Å². The Kier molecular flexibility index (Phi) is 8.15. The van der Waals surface area contributed by atoms with E-state index < -0.39 is 0 Å². The van der Waals surface area contributed by atoms with Gasteiger partial charge in [-0.2, -0.15) is 0 Å². The maximum Gasteiger partial charge on any atom is 0.319 e. The summed E-state index contributed by atoms with van der Waals surface area (Å²) in [6.45, 7) is 9.91. The summed E-state index contributed by atoms with van der Waals surface area (Å²) < 4.78 is 0. The molecule has 8 nitrogen and oxygen atoms in total. The van der Waals surface area contributed by atoms with Crippen molar-refractivity contribution in [3.05, 3.63) is 56.4 Å². The molecule has 0 saturated carbocycles. The van der Waals surface area contributed by atoms with E-state index in [1.165, 1.54) is 23.1 Å². The molecule has 33 heavy (non-hydrogen) atoms. The maximum absolute atomic E-state index is 12.5. The van der Waals surface area contributed by atoms with Gasteiger partial charge in [-0.25, -0.2) is 9.78 Å². The van der Waals surface area contributed by atoms with Gasteiger partial charge in [-0.05, 0) is 57.9 Å². The number of H-pyrrole nitrogens is 1. The van der Waals surface area contributed by atoms with Gasteiger partial charge >= 0.3 is 6.03 Å². The average molecular weight is 488 g/mol. The van der Waals surface area contributed by atoms with E-state index in [2.05, 4.69) is 25.9 Å². The summed E-state index contributed by atoms with van der Waals surface area (Å²) in [6, 6.07) is 7.12. The van der Waals surface area contributed by atoms with Crippen LogP contribution in [-0.4, -0.2) is 33.2 Å². The van der Waals surface area contributed by atoms with Crippen molar-refractivity contribution in [3.8, 4) is 0 Å². The highest BCUT2D eigenvalue weighted by atomic mass is 32.2. The largest absolute Gasteiger partial charge is 0.351 e. The number of urea groups is 1. The van der Waals surface area contributed by atoms with Crippen molar-refractivity contribution in [2.75, 3.05) is 5.32 Å². The Morgan fingerprint density at radius 3 is 2.52 bits per heavy atom. The van der Waals surface area contributed by atoms with Crippen molar-refractivity contribution in [3.63, 3.8) is 0 Å². The molecule has 2 heterocycles. The van der Waals surface area contributed by atoms with Gasteiger partial charge in [0.1, 0.15) is 10.7 Å². The van der Waals surface area contributed by atoms with E-state index in [1.807, 2.05) is 46.8 Å². The Morgan fingerprint density at radius 1 is 1.15 bits per heavy atom. The van der Waals surface area contributed by atoms with E-state index in [1.54, 1.807) is 12.1 Å². The van der Waals surface area contributed by atoms with Gasteiger partial charge < -0.3 is 20.9 Å². The van der Waals surface area contributed by atoms with Gasteiger partial charge in [0.25, 0.3) is 5.56 Å². The van der Waals surface area contributed by atoms with Gasteiger partial charge in [0.05, 0.1) is 16.4 Å². The molecule has 0 aliphatic carbocycles. The van der Waals surface area contributed by atoms with Crippen LogP contribution in [0.25, 0.3) is 10.2 Å². The highest BCUT2D eigenvalue weighted by molar-refractivity contribution is 7.99. The van der Waals surface area contributed by atoms with E-state index in [0.717, 1.165) is 20.8 Å². The second kappa shape index (κ2) is 10.8. The number of amides is 3. The predicted octanol–water partition coefficient (Wildman–Crippen LogP) is 4.07. The highest BCUT2D eigenvalue weighted by Crippen LogP contribution is 2.26. The van der Waals surface area contributed by atoms with Crippen LogP contribution < -0.4 is 21.5 Å². The molecule has 0 aliphatic rings. The molecule has 0 bridgehead atoms. The standard InChI is InChI=1S/C23H29N5O3S2/c1-12(2)25-23(31)26-17-8-6-16(7-9-17)10-24-20(29)15(5)32-11-18-27-21(30)19-13(3)14(4)33-22(19)28-18/h6-9,12,15H,10-11H2,1-5H3,(H,24,29)(H2,25,26,31)(H,27,28,30). The summed E-state index contributed by atoms with van der Waals surface area (Å²) in [5.41, 5.74) is 2.45. The number of hydrogen-bond acceptors (Lipinski definition) is 6. The van der Waals surface area contributed by atoms with E-state index >= 15 is 0 Å². The van der Waals surface area contributed by atoms with Gasteiger partial charge in [-0.15, -0.1) is 23.1 Å². The first-order valence-corrected chi connectivity index (χ1v) is 12.5. The Hall–Kier alpha value is -2.85. The van der Waals surface area contributed by atoms with Crippen LogP contribution in [0.5, 0.6) is 0 Å². The summed E-state index contributed by atoms with van der Waals surface area (Å²) in [4.78, 5) is 45.9.